The number of hydrogen-bond acceptors (Lipinski definition) is 2. The molecule has 3 N–H and O–H groups in total. The third-order valence-electron chi connectivity index (χ3n) is 6.36. The highest BCUT2D eigenvalue weighted by molar-refractivity contribution is 7.80. The van der Waals surface area contributed by atoms with Crippen LogP contribution < -0.4 is 16.0 Å². The maximum absolute atomic E-state index is 5.64. The van der Waals surface area contributed by atoms with Crippen LogP contribution in [-0.4, -0.2) is 11.2 Å². The number of para-hydroxylation sites is 1. The van der Waals surface area contributed by atoms with E-state index in [1.807, 2.05) is 0 Å². The van der Waals surface area contributed by atoms with E-state index in [-0.39, 0.29) is 0 Å². The number of nitrogens with one attached hydrogen (secondary N) is 3. The van der Waals surface area contributed by atoms with Gasteiger partial charge in [0.1, 0.15) is 0 Å². The van der Waals surface area contributed by atoms with E-state index in [9.17, 15) is 0 Å². The van der Waals surface area contributed by atoms with Crippen molar-refractivity contribution < 1.29 is 0 Å². The fraction of sp³-hybridized carbons (Fsp3) is 0.370. The maximum Gasteiger partial charge on any atom is 0.175 e. The van der Waals surface area contributed by atoms with Crippen LogP contribution in [-0.2, 0) is 6.54 Å². The van der Waals surface area contributed by atoms with Crippen LogP contribution >= 0.6 is 12.2 Å². The number of hydrogen-bond donors (Lipinski definition) is 3. The summed E-state index contributed by atoms with van der Waals surface area (Å²) < 4.78 is 0. The zero-order chi connectivity index (χ0) is 21.5. The predicted octanol–water partition coefficient (Wildman–Crippen LogP) is 7.10. The van der Waals surface area contributed by atoms with Crippen molar-refractivity contribution >= 4 is 39.5 Å². The van der Waals surface area contributed by atoms with Crippen molar-refractivity contribution in [3.63, 3.8) is 0 Å². The topological polar surface area (TPSA) is 36.1 Å². The number of thiocarbonyl (C=S) groups is 1. The van der Waals surface area contributed by atoms with Gasteiger partial charge < -0.3 is 16.0 Å². The summed E-state index contributed by atoms with van der Waals surface area (Å²) in [6, 6.07) is 23.5. The molecule has 0 radical (unpaired) electrons. The Morgan fingerprint density at radius 1 is 0.871 bits per heavy atom. The molecule has 1 saturated carbocycles. The van der Waals surface area contributed by atoms with E-state index in [4.69, 9.17) is 12.2 Å². The minimum atomic E-state index is 0.525. The lowest BCUT2D eigenvalue weighted by Gasteiger charge is -2.25. The molecule has 3 aromatic rings. The van der Waals surface area contributed by atoms with Crippen molar-refractivity contribution in [1.82, 2.24) is 5.32 Å². The average Bonchev–Trinajstić information content (AvgIpc) is 2.79. The Hall–Kier alpha value is -2.43. The van der Waals surface area contributed by atoms with Gasteiger partial charge in [-0.25, -0.2) is 0 Å². The van der Waals surface area contributed by atoms with Gasteiger partial charge >= 0.3 is 0 Å². The van der Waals surface area contributed by atoms with E-state index in [1.54, 1.807) is 0 Å². The van der Waals surface area contributed by atoms with Gasteiger partial charge in [-0.05, 0) is 54.6 Å². The third-order valence-corrected chi connectivity index (χ3v) is 6.56. The molecule has 4 heteroatoms. The molecular formula is C27H33N3S. The quantitative estimate of drug-likeness (QED) is 0.349. The molecule has 31 heavy (non-hydrogen) atoms. The van der Waals surface area contributed by atoms with E-state index < -0.39 is 0 Å². The van der Waals surface area contributed by atoms with Crippen molar-refractivity contribution in [1.29, 1.82) is 0 Å². The normalized spacial score (nSPS) is 15.5. The lowest BCUT2D eigenvalue weighted by atomic mass is 9.85. The van der Waals surface area contributed by atoms with Gasteiger partial charge in [0.2, 0.25) is 0 Å². The molecule has 0 saturated heterocycles. The number of rotatable bonds is 7. The number of benzene rings is 3. The molecule has 4 rings (SSSR count). The van der Waals surface area contributed by atoms with E-state index in [2.05, 4.69) is 89.6 Å². The molecule has 1 aliphatic carbocycles. The Labute approximate surface area is 191 Å². The Morgan fingerprint density at radius 2 is 1.55 bits per heavy atom. The highest BCUT2D eigenvalue weighted by Gasteiger charge is 2.16. The summed E-state index contributed by atoms with van der Waals surface area (Å²) in [6.45, 7) is 3.16. The fourth-order valence-corrected chi connectivity index (χ4v) is 4.92. The maximum atomic E-state index is 5.64. The van der Waals surface area contributed by atoms with Crippen molar-refractivity contribution in [2.24, 2.45) is 5.92 Å². The van der Waals surface area contributed by atoms with Crippen molar-refractivity contribution in [2.45, 2.75) is 58.0 Å². The molecule has 0 aromatic heterocycles. The van der Waals surface area contributed by atoms with Gasteiger partial charge in [0.25, 0.3) is 0 Å². The fourth-order valence-electron chi connectivity index (χ4n) is 4.70. The SMILES string of the molecule is CC(CC1CCCCC1)NCc1ccccc1NC(=S)Nc1cccc2ccccc12. The molecule has 0 amide bonds. The zero-order valence-corrected chi connectivity index (χ0v) is 19.2. The molecule has 162 valence electrons. The largest absolute Gasteiger partial charge is 0.332 e. The molecule has 3 nitrogen and oxygen atoms in total. The van der Waals surface area contributed by atoms with Gasteiger partial charge in [-0.1, -0.05) is 86.7 Å². The van der Waals surface area contributed by atoms with Gasteiger partial charge in [0.05, 0.1) is 0 Å². The summed E-state index contributed by atoms with van der Waals surface area (Å²) in [6.07, 6.45) is 8.31. The monoisotopic (exact) mass is 431 g/mol. The first-order valence-electron chi connectivity index (χ1n) is 11.6. The van der Waals surface area contributed by atoms with Gasteiger partial charge in [-0.15, -0.1) is 0 Å². The Bertz CT molecular complexity index is 1000. The van der Waals surface area contributed by atoms with Gasteiger partial charge in [-0.2, -0.15) is 0 Å². The third kappa shape index (κ3) is 6.05. The first-order chi connectivity index (χ1) is 15.2. The Kier molecular flexibility index (Phi) is 7.55. The van der Waals surface area contributed by atoms with Crippen molar-refractivity contribution in [2.75, 3.05) is 10.6 Å². The molecule has 1 atom stereocenters. The summed E-state index contributed by atoms with van der Waals surface area (Å²) >= 11 is 5.64. The Balaban J connectivity index is 1.36. The van der Waals surface area contributed by atoms with Crippen LogP contribution in [0.15, 0.2) is 66.7 Å². The smallest absolute Gasteiger partial charge is 0.175 e. The summed E-state index contributed by atoms with van der Waals surface area (Å²) in [7, 11) is 0. The van der Waals surface area contributed by atoms with E-state index in [0.29, 0.717) is 11.2 Å². The summed E-state index contributed by atoms with van der Waals surface area (Å²) in [5.41, 5.74) is 3.31. The van der Waals surface area contributed by atoms with Crippen molar-refractivity contribution in [3.05, 3.63) is 72.3 Å². The molecule has 0 spiro atoms. The van der Waals surface area contributed by atoms with Gasteiger partial charge in [0, 0.05) is 29.3 Å². The molecule has 1 fully saturated rings. The van der Waals surface area contributed by atoms with Gasteiger partial charge in [0.15, 0.2) is 5.11 Å². The second-order valence-corrected chi connectivity index (χ2v) is 9.19. The van der Waals surface area contributed by atoms with E-state index >= 15 is 0 Å². The minimum absolute atomic E-state index is 0.525. The highest BCUT2D eigenvalue weighted by Crippen LogP contribution is 2.27. The average molecular weight is 432 g/mol. The second kappa shape index (κ2) is 10.7. The molecule has 1 unspecified atom stereocenters. The standard InChI is InChI=1S/C27H33N3S/c1-20(18-21-10-3-2-4-11-21)28-19-23-13-6-8-16-25(23)29-27(31)30-26-17-9-14-22-12-5-7-15-24(22)26/h5-9,12-17,20-21,28H,2-4,10-11,18-19H2,1H3,(H2,29,30,31). The lowest BCUT2D eigenvalue weighted by Crippen LogP contribution is -2.29. The highest BCUT2D eigenvalue weighted by atomic mass is 32.1. The van der Waals surface area contributed by atoms with Crippen LogP contribution in [0.2, 0.25) is 0 Å². The summed E-state index contributed by atoms with van der Waals surface area (Å²) in [5.74, 6) is 0.891. The second-order valence-electron chi connectivity index (χ2n) is 8.78. The lowest BCUT2D eigenvalue weighted by molar-refractivity contribution is 0.305. The van der Waals surface area contributed by atoms with E-state index in [1.165, 1.54) is 54.9 Å². The molecule has 0 bridgehead atoms. The van der Waals surface area contributed by atoms with Crippen LogP contribution in [0.4, 0.5) is 11.4 Å². The molecule has 0 aliphatic heterocycles. The van der Waals surface area contributed by atoms with Crippen LogP contribution in [0.25, 0.3) is 10.8 Å². The van der Waals surface area contributed by atoms with Crippen LogP contribution in [0, 0.1) is 5.92 Å². The zero-order valence-electron chi connectivity index (χ0n) is 18.4. The molecule has 0 heterocycles. The minimum Gasteiger partial charge on any atom is -0.332 e. The van der Waals surface area contributed by atoms with E-state index in [0.717, 1.165) is 23.8 Å². The molecule has 1 aliphatic rings. The first-order valence-corrected chi connectivity index (χ1v) is 12.0. The number of fused-ring (bicyclic) bond motifs is 1. The van der Waals surface area contributed by atoms with Crippen LogP contribution in [0.3, 0.4) is 0 Å². The number of anilines is 2. The van der Waals surface area contributed by atoms with Crippen LogP contribution in [0.5, 0.6) is 0 Å². The first kappa shape index (κ1) is 21.8. The van der Waals surface area contributed by atoms with Crippen LogP contribution in [0.1, 0.15) is 51.0 Å². The summed E-state index contributed by atoms with van der Waals surface area (Å²) in [4.78, 5) is 0. The summed E-state index contributed by atoms with van der Waals surface area (Å²) in [5, 5.41) is 13.5. The Morgan fingerprint density at radius 3 is 2.42 bits per heavy atom. The van der Waals surface area contributed by atoms with Gasteiger partial charge in [-0.3, -0.25) is 0 Å². The predicted molar refractivity (Wildman–Crippen MR) is 138 cm³/mol. The molecular weight excluding hydrogens is 398 g/mol. The van der Waals surface area contributed by atoms with Crippen molar-refractivity contribution in [3.8, 4) is 0 Å². The molecule has 3 aromatic carbocycles.